The van der Waals surface area contributed by atoms with E-state index in [1.54, 1.807) is 14.0 Å². The molecular formula is C15H17ClF3N5O3. The molecule has 0 bridgehead atoms. The molecule has 148 valence electrons. The van der Waals surface area contributed by atoms with Gasteiger partial charge in [0.05, 0.1) is 29.2 Å². The zero-order valence-corrected chi connectivity index (χ0v) is 15.9. The fourth-order valence-electron chi connectivity index (χ4n) is 2.39. The van der Waals surface area contributed by atoms with Gasteiger partial charge in [0, 0.05) is 7.05 Å². The van der Waals surface area contributed by atoms with Gasteiger partial charge in [0.15, 0.2) is 11.4 Å². The van der Waals surface area contributed by atoms with E-state index in [0.29, 0.717) is 5.69 Å². The van der Waals surface area contributed by atoms with Crippen LogP contribution in [0.1, 0.15) is 40.5 Å². The Kier molecular flexibility index (Phi) is 5.55. The Morgan fingerprint density at radius 2 is 1.81 bits per heavy atom. The summed E-state index contributed by atoms with van der Waals surface area (Å²) >= 11 is 5.71. The molecule has 0 saturated carbocycles. The van der Waals surface area contributed by atoms with Crippen molar-refractivity contribution >= 4 is 29.2 Å². The molecule has 1 N–H and O–H groups in total. The molecule has 2 rings (SSSR count). The molecule has 2 aromatic rings. The van der Waals surface area contributed by atoms with E-state index >= 15 is 0 Å². The molecule has 0 aromatic carbocycles. The van der Waals surface area contributed by atoms with Gasteiger partial charge in [-0.15, -0.1) is 0 Å². The molecule has 1 unspecified atom stereocenters. The number of nitrogens with zero attached hydrogens (tertiary/aromatic N) is 4. The fourth-order valence-corrected chi connectivity index (χ4v) is 2.62. The maximum absolute atomic E-state index is 13.0. The number of aryl methyl sites for hydroxylation is 1. The van der Waals surface area contributed by atoms with Crippen LogP contribution in [0.3, 0.4) is 0 Å². The molecule has 27 heavy (non-hydrogen) atoms. The number of esters is 1. The van der Waals surface area contributed by atoms with Crippen molar-refractivity contribution in [1.29, 1.82) is 0 Å². The molecule has 1 atom stereocenters. The number of ether oxygens (including phenoxy) is 1. The highest BCUT2D eigenvalue weighted by Gasteiger charge is 2.39. The number of methoxy groups -OCH3 is 1. The van der Waals surface area contributed by atoms with Crippen LogP contribution in [0.15, 0.2) is 0 Å². The van der Waals surface area contributed by atoms with E-state index in [0.717, 1.165) is 11.8 Å². The van der Waals surface area contributed by atoms with Crippen molar-refractivity contribution in [3.05, 3.63) is 27.8 Å². The first-order valence-corrected chi connectivity index (χ1v) is 8.02. The van der Waals surface area contributed by atoms with Crippen molar-refractivity contribution in [3.63, 3.8) is 0 Å². The minimum atomic E-state index is -4.75. The van der Waals surface area contributed by atoms with Crippen molar-refractivity contribution in [1.82, 2.24) is 19.6 Å². The monoisotopic (exact) mass is 407 g/mol. The Balaban J connectivity index is 2.37. The molecule has 0 aliphatic rings. The number of carbonyl (C=O) groups excluding carboxylic acids is 2. The van der Waals surface area contributed by atoms with E-state index in [2.05, 4.69) is 20.3 Å². The smallest absolute Gasteiger partial charge is 0.436 e. The summed E-state index contributed by atoms with van der Waals surface area (Å²) < 4.78 is 45.8. The molecule has 8 nitrogen and oxygen atoms in total. The molecule has 2 heterocycles. The number of carbonyl (C=O) groups is 2. The van der Waals surface area contributed by atoms with Gasteiger partial charge in [-0.2, -0.15) is 23.4 Å². The second-order valence-electron chi connectivity index (χ2n) is 5.78. The van der Waals surface area contributed by atoms with Crippen molar-refractivity contribution in [3.8, 4) is 0 Å². The summed E-state index contributed by atoms with van der Waals surface area (Å²) in [6.07, 6.45) is -4.75. The third-order valence-electron chi connectivity index (χ3n) is 4.05. The highest BCUT2D eigenvalue weighted by atomic mass is 35.5. The molecule has 12 heteroatoms. The number of halogens is 4. The molecular weight excluding hydrogens is 391 g/mol. The first-order chi connectivity index (χ1) is 12.4. The Bertz CT molecular complexity index is 904. The minimum Gasteiger partial charge on any atom is -0.464 e. The lowest BCUT2D eigenvalue weighted by molar-refractivity contribution is -0.141. The number of anilines is 1. The number of amides is 1. The quantitative estimate of drug-likeness (QED) is 0.787. The molecule has 0 spiro atoms. The maximum Gasteiger partial charge on any atom is 0.436 e. The molecule has 0 radical (unpaired) electrons. The summed E-state index contributed by atoms with van der Waals surface area (Å²) in [7, 11) is 2.72. The van der Waals surface area contributed by atoms with Gasteiger partial charge in [0.2, 0.25) is 5.91 Å². The fraction of sp³-hybridized carbons (Fsp3) is 0.467. The lowest BCUT2D eigenvalue weighted by Gasteiger charge is -2.15. The summed E-state index contributed by atoms with van der Waals surface area (Å²) in [5, 5.41) is 9.33. The van der Waals surface area contributed by atoms with E-state index < -0.39 is 34.8 Å². The van der Waals surface area contributed by atoms with Gasteiger partial charge < -0.3 is 10.1 Å². The third-order valence-corrected chi connectivity index (χ3v) is 4.51. The first kappa shape index (κ1) is 20.7. The van der Waals surface area contributed by atoms with Crippen LogP contribution in [0.4, 0.5) is 18.9 Å². The van der Waals surface area contributed by atoms with Crippen LogP contribution in [0.25, 0.3) is 0 Å². The van der Waals surface area contributed by atoms with E-state index in [-0.39, 0.29) is 17.1 Å². The Labute approximate surface area is 157 Å². The average Bonchev–Trinajstić information content (AvgIpc) is 3.04. The number of rotatable bonds is 4. The average molecular weight is 408 g/mol. The number of hydrogen-bond donors (Lipinski definition) is 1. The molecule has 1 amide bonds. The van der Waals surface area contributed by atoms with Gasteiger partial charge >= 0.3 is 12.1 Å². The third kappa shape index (κ3) is 3.77. The van der Waals surface area contributed by atoms with Crippen molar-refractivity contribution in [2.75, 3.05) is 12.4 Å². The van der Waals surface area contributed by atoms with E-state index in [1.807, 2.05) is 0 Å². The lowest BCUT2D eigenvalue weighted by atomic mass is 10.2. The topological polar surface area (TPSA) is 91.0 Å². The number of alkyl halides is 3. The normalized spacial score (nSPS) is 12.8. The second-order valence-corrected chi connectivity index (χ2v) is 6.16. The first-order valence-electron chi connectivity index (χ1n) is 7.64. The summed E-state index contributed by atoms with van der Waals surface area (Å²) in [5.41, 5.74) is -0.837. The van der Waals surface area contributed by atoms with Crippen molar-refractivity contribution < 1.29 is 27.5 Å². The van der Waals surface area contributed by atoms with Crippen LogP contribution < -0.4 is 5.32 Å². The van der Waals surface area contributed by atoms with E-state index in [4.69, 9.17) is 11.6 Å². The van der Waals surface area contributed by atoms with Crippen LogP contribution in [0.2, 0.25) is 5.02 Å². The zero-order chi connectivity index (χ0) is 20.7. The van der Waals surface area contributed by atoms with E-state index in [9.17, 15) is 22.8 Å². The van der Waals surface area contributed by atoms with Gasteiger partial charge in [-0.3, -0.25) is 14.2 Å². The van der Waals surface area contributed by atoms with Crippen molar-refractivity contribution in [2.45, 2.75) is 33.0 Å². The Morgan fingerprint density at radius 3 is 2.30 bits per heavy atom. The highest BCUT2D eigenvalue weighted by Crippen LogP contribution is 2.36. The molecule has 0 aliphatic carbocycles. The summed E-state index contributed by atoms with van der Waals surface area (Å²) in [4.78, 5) is 24.4. The molecule has 0 saturated heterocycles. The zero-order valence-electron chi connectivity index (χ0n) is 15.1. The maximum atomic E-state index is 13.0. The van der Waals surface area contributed by atoms with Crippen LogP contribution in [-0.2, 0) is 22.8 Å². The largest absolute Gasteiger partial charge is 0.464 e. The number of hydrogen-bond acceptors (Lipinski definition) is 5. The van der Waals surface area contributed by atoms with Gasteiger partial charge in [-0.25, -0.2) is 4.79 Å². The summed E-state index contributed by atoms with van der Waals surface area (Å²) in [6.45, 7) is 4.29. The predicted molar refractivity (Wildman–Crippen MR) is 89.6 cm³/mol. The summed E-state index contributed by atoms with van der Waals surface area (Å²) in [6, 6.07) is -1.14. The highest BCUT2D eigenvalue weighted by molar-refractivity contribution is 6.32. The van der Waals surface area contributed by atoms with E-state index in [1.165, 1.54) is 18.5 Å². The standard InChI is InChI=1S/C15H17ClF3N5O3/c1-6-9(16)12(15(17,18)19)22-24(6)8(3)13(25)20-10-7(2)23(4)21-11(10)14(26)27-5/h8H,1-5H3,(H,20,25). The number of aromatic nitrogens is 4. The Hall–Kier alpha value is -2.56. The second kappa shape index (κ2) is 7.22. The minimum absolute atomic E-state index is 0.0114. The Morgan fingerprint density at radius 1 is 1.22 bits per heavy atom. The molecule has 0 fully saturated rings. The van der Waals surface area contributed by atoms with Crippen LogP contribution in [0, 0.1) is 13.8 Å². The predicted octanol–water partition coefficient (Wildman–Crippen LogP) is 2.89. The van der Waals surface area contributed by atoms with Gasteiger partial charge in [0.25, 0.3) is 0 Å². The van der Waals surface area contributed by atoms with Crippen LogP contribution in [0.5, 0.6) is 0 Å². The van der Waals surface area contributed by atoms with Crippen LogP contribution in [-0.4, -0.2) is 38.5 Å². The van der Waals surface area contributed by atoms with Crippen molar-refractivity contribution in [2.24, 2.45) is 7.05 Å². The number of nitrogens with one attached hydrogen (secondary N) is 1. The molecule has 0 aliphatic heterocycles. The van der Waals surface area contributed by atoms with Gasteiger partial charge in [-0.1, -0.05) is 11.6 Å². The SMILES string of the molecule is COC(=O)c1nn(C)c(C)c1NC(=O)C(C)n1nc(C(F)(F)F)c(Cl)c1C. The lowest BCUT2D eigenvalue weighted by Crippen LogP contribution is -2.26. The van der Waals surface area contributed by atoms with Gasteiger partial charge in [-0.05, 0) is 20.8 Å². The van der Waals surface area contributed by atoms with Crippen LogP contribution >= 0.6 is 11.6 Å². The molecule has 2 aromatic heterocycles. The summed E-state index contributed by atoms with van der Waals surface area (Å²) in [5.74, 6) is -1.47. The van der Waals surface area contributed by atoms with Gasteiger partial charge in [0.1, 0.15) is 6.04 Å².